The van der Waals surface area contributed by atoms with E-state index in [9.17, 15) is 27.6 Å². The van der Waals surface area contributed by atoms with Crippen molar-refractivity contribution in [1.29, 1.82) is 0 Å². The number of carbonyl (C=O) groups is 4. The van der Waals surface area contributed by atoms with Gasteiger partial charge in [0.2, 0.25) is 27.7 Å². The lowest BCUT2D eigenvalue weighted by Crippen LogP contribution is -2.59. The molecule has 16 heteroatoms. The number of urea groups is 1. The maximum Gasteiger partial charge on any atom is 0.318 e. The zero-order chi connectivity index (χ0) is 39.9. The van der Waals surface area contributed by atoms with Crippen LogP contribution in [0.2, 0.25) is 0 Å². The SMILES string of the molecule is C=C[C@@H]1C[C@]1(NC(=O)[C@@H]1C[C@@H]2CN1C(=O)[C@H](C1CCCC1)NC(=O)N1CC[C@H](C1)OCCCC=Cc1cc3ccc(OC)cc3nc1O2)C(=O)NS(=O)(=O)C1CC1. The van der Waals surface area contributed by atoms with Crippen LogP contribution >= 0.6 is 0 Å². The predicted octanol–water partition coefficient (Wildman–Crippen LogP) is 3.43. The van der Waals surface area contributed by atoms with Gasteiger partial charge >= 0.3 is 6.03 Å². The Kier molecular flexibility index (Phi) is 10.9. The molecule has 4 bridgehead atoms. The number of pyridine rings is 1. The van der Waals surface area contributed by atoms with Gasteiger partial charge in [0, 0.05) is 49.1 Å². The van der Waals surface area contributed by atoms with Crippen molar-refractivity contribution in [3.63, 3.8) is 0 Å². The largest absolute Gasteiger partial charge is 0.497 e. The molecule has 3 saturated carbocycles. The van der Waals surface area contributed by atoms with Crippen LogP contribution < -0.4 is 24.8 Å². The molecule has 3 aliphatic carbocycles. The first kappa shape index (κ1) is 39.1. The average Bonchev–Trinajstić information content (AvgIpc) is 3.97. The van der Waals surface area contributed by atoms with Crippen LogP contribution in [0.3, 0.4) is 0 Å². The van der Waals surface area contributed by atoms with Crippen molar-refractivity contribution in [3.05, 3.63) is 48.6 Å². The first-order chi connectivity index (χ1) is 27.5. The number of methoxy groups -OCH3 is 1. The fourth-order valence-electron chi connectivity index (χ4n) is 8.82. The van der Waals surface area contributed by atoms with Crippen molar-refractivity contribution < 1.29 is 41.8 Å². The molecule has 8 rings (SSSR count). The summed E-state index contributed by atoms with van der Waals surface area (Å²) in [6.45, 7) is 5.29. The van der Waals surface area contributed by atoms with Crippen LogP contribution in [-0.2, 0) is 29.1 Å². The summed E-state index contributed by atoms with van der Waals surface area (Å²) < 4.78 is 46.1. The summed E-state index contributed by atoms with van der Waals surface area (Å²) in [4.78, 5) is 64.9. The third kappa shape index (κ3) is 8.20. The summed E-state index contributed by atoms with van der Waals surface area (Å²) in [5, 5.41) is 6.17. The minimum absolute atomic E-state index is 0.0107. The molecule has 0 spiro atoms. The van der Waals surface area contributed by atoms with Crippen molar-refractivity contribution in [2.75, 3.05) is 33.4 Å². The van der Waals surface area contributed by atoms with Crippen LogP contribution in [0, 0.1) is 11.8 Å². The fourth-order valence-corrected chi connectivity index (χ4v) is 10.2. The third-order valence-corrected chi connectivity index (χ3v) is 14.2. The Hall–Kier alpha value is -4.70. The van der Waals surface area contributed by atoms with Crippen molar-refractivity contribution in [1.82, 2.24) is 30.1 Å². The Balaban J connectivity index is 1.14. The van der Waals surface area contributed by atoms with Gasteiger partial charge in [-0.15, -0.1) is 6.58 Å². The molecule has 0 radical (unpaired) electrons. The smallest absolute Gasteiger partial charge is 0.318 e. The molecule has 1 aromatic heterocycles. The Morgan fingerprint density at radius 1 is 1.07 bits per heavy atom. The minimum atomic E-state index is -3.90. The molecular weight excluding hydrogens is 753 g/mol. The molecule has 3 N–H and O–H groups in total. The van der Waals surface area contributed by atoms with Crippen LogP contribution in [0.25, 0.3) is 17.0 Å². The molecule has 5 fully saturated rings. The van der Waals surface area contributed by atoms with Gasteiger partial charge in [-0.1, -0.05) is 31.1 Å². The zero-order valence-electron chi connectivity index (χ0n) is 32.3. The Bertz CT molecular complexity index is 2070. The Morgan fingerprint density at radius 2 is 1.88 bits per heavy atom. The predicted molar refractivity (Wildman–Crippen MR) is 211 cm³/mol. The van der Waals surface area contributed by atoms with Gasteiger partial charge in [0.15, 0.2) is 0 Å². The van der Waals surface area contributed by atoms with E-state index in [1.165, 1.54) is 11.0 Å². The molecular formula is C41H52N6O9S. The van der Waals surface area contributed by atoms with E-state index in [0.29, 0.717) is 56.1 Å². The van der Waals surface area contributed by atoms with Crippen molar-refractivity contribution in [2.24, 2.45) is 11.8 Å². The molecule has 5 amide bonds. The second kappa shape index (κ2) is 15.9. The quantitative estimate of drug-likeness (QED) is 0.334. The van der Waals surface area contributed by atoms with E-state index in [-0.39, 0.29) is 37.4 Å². The van der Waals surface area contributed by atoms with Gasteiger partial charge in [0.05, 0.1) is 30.5 Å². The highest BCUT2D eigenvalue weighted by molar-refractivity contribution is 7.91. The molecule has 4 heterocycles. The number of ether oxygens (including phenoxy) is 3. The van der Waals surface area contributed by atoms with E-state index in [2.05, 4.69) is 21.9 Å². The number of hydrogen-bond donors (Lipinski definition) is 3. The number of sulfonamides is 1. The molecule has 2 aromatic rings. The number of amides is 5. The summed E-state index contributed by atoms with van der Waals surface area (Å²) in [6.07, 6.45) is 11.4. The molecule has 306 valence electrons. The first-order valence-electron chi connectivity index (χ1n) is 20.3. The van der Waals surface area contributed by atoms with Gasteiger partial charge in [-0.2, -0.15) is 0 Å². The first-order valence-corrected chi connectivity index (χ1v) is 21.8. The van der Waals surface area contributed by atoms with Gasteiger partial charge in [-0.3, -0.25) is 19.1 Å². The summed E-state index contributed by atoms with van der Waals surface area (Å²) in [6, 6.07) is 5.23. The second-order valence-electron chi connectivity index (χ2n) is 16.3. The van der Waals surface area contributed by atoms with E-state index in [0.717, 1.165) is 49.5 Å². The fraction of sp³-hybridized carbons (Fsp3) is 0.585. The van der Waals surface area contributed by atoms with Gasteiger partial charge in [-0.05, 0) is 75.5 Å². The highest BCUT2D eigenvalue weighted by atomic mass is 32.2. The van der Waals surface area contributed by atoms with Crippen molar-refractivity contribution >= 4 is 50.8 Å². The third-order valence-electron chi connectivity index (χ3n) is 12.4. The van der Waals surface area contributed by atoms with Crippen LogP contribution in [-0.4, -0.2) is 115 Å². The maximum absolute atomic E-state index is 14.9. The molecule has 3 aliphatic heterocycles. The number of nitrogens with zero attached hydrogens (tertiary/aromatic N) is 3. The van der Waals surface area contributed by atoms with E-state index in [1.54, 1.807) is 12.0 Å². The van der Waals surface area contributed by atoms with Gasteiger partial charge in [-0.25, -0.2) is 18.2 Å². The molecule has 1 aromatic carbocycles. The minimum Gasteiger partial charge on any atom is -0.497 e. The van der Waals surface area contributed by atoms with Crippen LogP contribution in [0.5, 0.6) is 11.6 Å². The summed E-state index contributed by atoms with van der Waals surface area (Å²) in [5.74, 6) is -1.54. The highest BCUT2D eigenvalue weighted by Crippen LogP contribution is 2.46. The van der Waals surface area contributed by atoms with Crippen molar-refractivity contribution in [2.45, 2.75) is 106 Å². The number of nitrogens with one attached hydrogen (secondary N) is 3. The molecule has 6 atom stereocenters. The van der Waals surface area contributed by atoms with E-state index >= 15 is 0 Å². The lowest BCUT2D eigenvalue weighted by atomic mass is 9.96. The number of hydrogen-bond acceptors (Lipinski definition) is 10. The number of fused-ring (bicyclic) bond motifs is 6. The number of rotatable bonds is 8. The molecule has 6 aliphatic rings. The lowest BCUT2D eigenvalue weighted by molar-refractivity contribution is -0.142. The summed E-state index contributed by atoms with van der Waals surface area (Å²) in [5.41, 5.74) is -0.177. The molecule has 2 saturated heterocycles. The molecule has 0 unspecified atom stereocenters. The van der Waals surface area contributed by atoms with Crippen LogP contribution in [0.15, 0.2) is 43.0 Å². The number of carbonyl (C=O) groups excluding carboxylic acids is 4. The Morgan fingerprint density at radius 3 is 2.61 bits per heavy atom. The topological polar surface area (TPSA) is 186 Å². The molecule has 57 heavy (non-hydrogen) atoms. The average molecular weight is 805 g/mol. The standard InChI is InChI=1S/C41H52N6O9S/c1-3-28-22-41(28,39(50)45-57(52,53)32-14-15-32)44-36(48)34-21-31-24-47(34)38(49)35(25-9-6-7-10-25)43-40(51)46-17-16-30(23-46)55-18-8-4-5-11-27-19-26-12-13-29(54-2)20-33(26)42-37(27)56-31/h3,5,11-13,19-20,25,28,30-32,34-35H,1,4,6-10,14-18,21-24H2,2H3,(H,43,51)(H,44,48)(H,45,50)/t28-,30-,31-,34+,35+,41-/m1/s1. The number of benzene rings is 1. The maximum atomic E-state index is 14.9. The van der Waals surface area contributed by atoms with E-state index in [4.69, 9.17) is 19.2 Å². The van der Waals surface area contributed by atoms with Crippen molar-refractivity contribution in [3.8, 4) is 11.6 Å². The zero-order valence-corrected chi connectivity index (χ0v) is 33.1. The monoisotopic (exact) mass is 804 g/mol. The number of allylic oxidation sites excluding steroid dienone is 1. The van der Waals surface area contributed by atoms with Gasteiger partial charge < -0.3 is 34.6 Å². The van der Waals surface area contributed by atoms with Gasteiger partial charge in [0.25, 0.3) is 5.91 Å². The second-order valence-corrected chi connectivity index (χ2v) is 18.3. The van der Waals surface area contributed by atoms with Crippen LogP contribution in [0.1, 0.15) is 76.2 Å². The van der Waals surface area contributed by atoms with E-state index < -0.39 is 62.6 Å². The highest BCUT2D eigenvalue weighted by Gasteiger charge is 2.62. The molecule has 15 nitrogen and oxygen atoms in total. The number of aromatic nitrogens is 1. The van der Waals surface area contributed by atoms with Crippen LogP contribution in [0.4, 0.5) is 4.79 Å². The van der Waals surface area contributed by atoms with E-state index in [1.807, 2.05) is 36.4 Å². The Labute approximate surface area is 333 Å². The van der Waals surface area contributed by atoms with Gasteiger partial charge in [0.1, 0.15) is 29.5 Å². The summed E-state index contributed by atoms with van der Waals surface area (Å²) >= 11 is 0. The normalized spacial score (nSPS) is 29.7. The lowest BCUT2D eigenvalue weighted by Gasteiger charge is -2.33. The summed E-state index contributed by atoms with van der Waals surface area (Å²) in [7, 11) is -2.32.